The van der Waals surface area contributed by atoms with Gasteiger partial charge in [-0.2, -0.15) is 0 Å². The van der Waals surface area contributed by atoms with Gasteiger partial charge in [0.1, 0.15) is 11.3 Å². The molecule has 6 heteroatoms. The molecule has 1 rings (SSSR count). The molecule has 1 aromatic carbocycles. The van der Waals surface area contributed by atoms with Gasteiger partial charge in [-0.15, -0.1) is 6.58 Å². The summed E-state index contributed by atoms with van der Waals surface area (Å²) in [6.45, 7) is 3.83. The van der Waals surface area contributed by atoms with Crippen molar-refractivity contribution in [1.82, 2.24) is 0 Å². The number of rotatable bonds is 7. The van der Waals surface area contributed by atoms with E-state index in [1.165, 1.54) is 6.07 Å². The Morgan fingerprint density at radius 1 is 1.56 bits per heavy atom. The summed E-state index contributed by atoms with van der Waals surface area (Å²) in [7, 11) is 0. The fraction of sp³-hybridized carbons (Fsp3) is 0.250. The van der Waals surface area contributed by atoms with Gasteiger partial charge >= 0.3 is 5.97 Å². The summed E-state index contributed by atoms with van der Waals surface area (Å²) in [4.78, 5) is 20.9. The predicted molar refractivity (Wildman–Crippen MR) is 65.0 cm³/mol. The van der Waals surface area contributed by atoms with Crippen LogP contribution in [-0.4, -0.2) is 22.6 Å². The molecule has 6 nitrogen and oxygen atoms in total. The number of nitro benzene ring substituents is 1. The summed E-state index contributed by atoms with van der Waals surface area (Å²) in [6, 6.07) is 3.43. The van der Waals surface area contributed by atoms with Crippen LogP contribution in [0.25, 0.3) is 0 Å². The number of carboxylic acids is 1. The molecule has 0 unspecified atom stereocenters. The van der Waals surface area contributed by atoms with Crippen molar-refractivity contribution in [3.05, 3.63) is 46.5 Å². The molecular weight excluding hydrogens is 238 g/mol. The summed E-state index contributed by atoms with van der Waals surface area (Å²) >= 11 is 0. The van der Waals surface area contributed by atoms with E-state index in [1.807, 2.05) is 0 Å². The molecule has 0 saturated carbocycles. The van der Waals surface area contributed by atoms with Crippen molar-refractivity contribution in [2.24, 2.45) is 0 Å². The highest BCUT2D eigenvalue weighted by molar-refractivity contribution is 5.91. The Bertz CT molecular complexity index is 470. The molecule has 0 aromatic heterocycles. The lowest BCUT2D eigenvalue weighted by atomic mass is 10.2. The molecular formula is C12H13NO5. The van der Waals surface area contributed by atoms with Crippen molar-refractivity contribution in [1.29, 1.82) is 0 Å². The molecule has 0 amide bonds. The molecule has 0 bridgehead atoms. The van der Waals surface area contributed by atoms with Crippen LogP contribution in [0.15, 0.2) is 30.9 Å². The number of hydrogen-bond acceptors (Lipinski definition) is 4. The van der Waals surface area contributed by atoms with Crippen LogP contribution in [0.2, 0.25) is 0 Å². The van der Waals surface area contributed by atoms with E-state index in [0.29, 0.717) is 6.42 Å². The third-order valence-corrected chi connectivity index (χ3v) is 2.22. The van der Waals surface area contributed by atoms with E-state index in [4.69, 9.17) is 9.84 Å². The van der Waals surface area contributed by atoms with Gasteiger partial charge in [-0.3, -0.25) is 10.1 Å². The summed E-state index contributed by atoms with van der Waals surface area (Å²) in [6.07, 6.45) is 3.12. The van der Waals surface area contributed by atoms with E-state index in [1.54, 1.807) is 6.08 Å². The average molecular weight is 251 g/mol. The zero-order valence-corrected chi connectivity index (χ0v) is 9.67. The number of unbranched alkanes of at least 4 members (excludes halogenated alkanes) is 1. The van der Waals surface area contributed by atoms with Gasteiger partial charge in [0.05, 0.1) is 17.6 Å². The third-order valence-electron chi connectivity index (χ3n) is 2.22. The zero-order valence-electron chi connectivity index (χ0n) is 9.67. The van der Waals surface area contributed by atoms with Crippen molar-refractivity contribution >= 4 is 11.7 Å². The zero-order chi connectivity index (χ0) is 13.5. The highest BCUT2D eigenvalue weighted by Gasteiger charge is 2.16. The number of ether oxygens (including phenoxy) is 1. The molecule has 0 aliphatic heterocycles. The van der Waals surface area contributed by atoms with Crippen molar-refractivity contribution in [3.63, 3.8) is 0 Å². The Morgan fingerprint density at radius 3 is 2.83 bits per heavy atom. The monoisotopic (exact) mass is 251 g/mol. The molecule has 0 atom stereocenters. The number of nitro groups is 1. The number of hydrogen-bond donors (Lipinski definition) is 1. The molecule has 0 aliphatic rings. The SMILES string of the molecule is C=CCCCOc1cc([N+](=O)[O-])ccc1C(=O)O. The van der Waals surface area contributed by atoms with Gasteiger partial charge in [0, 0.05) is 6.07 Å². The summed E-state index contributed by atoms with van der Waals surface area (Å²) < 4.78 is 5.26. The van der Waals surface area contributed by atoms with E-state index in [2.05, 4.69) is 6.58 Å². The first-order chi connectivity index (χ1) is 8.56. The average Bonchev–Trinajstić information content (AvgIpc) is 2.34. The molecule has 96 valence electrons. The van der Waals surface area contributed by atoms with Crippen LogP contribution in [0, 0.1) is 10.1 Å². The number of aromatic carboxylic acids is 1. The Morgan fingerprint density at radius 2 is 2.28 bits per heavy atom. The smallest absolute Gasteiger partial charge is 0.339 e. The number of carbonyl (C=O) groups is 1. The lowest BCUT2D eigenvalue weighted by molar-refractivity contribution is -0.384. The Labute approximate surface area is 104 Å². The maximum Gasteiger partial charge on any atom is 0.339 e. The fourth-order valence-electron chi connectivity index (χ4n) is 1.33. The van der Waals surface area contributed by atoms with Crippen LogP contribution in [-0.2, 0) is 0 Å². The first kappa shape index (κ1) is 13.7. The Hall–Kier alpha value is -2.37. The lowest BCUT2D eigenvalue weighted by Gasteiger charge is -2.08. The van der Waals surface area contributed by atoms with E-state index in [-0.39, 0.29) is 23.6 Å². The fourth-order valence-corrected chi connectivity index (χ4v) is 1.33. The second-order valence-corrected chi connectivity index (χ2v) is 3.52. The van der Waals surface area contributed by atoms with Gasteiger partial charge in [0.25, 0.3) is 5.69 Å². The number of allylic oxidation sites excluding steroid dienone is 1. The van der Waals surface area contributed by atoms with Crippen LogP contribution < -0.4 is 4.74 Å². The largest absolute Gasteiger partial charge is 0.492 e. The Kier molecular flexibility index (Phi) is 4.86. The summed E-state index contributed by atoms with van der Waals surface area (Å²) in [5.41, 5.74) is -0.280. The lowest BCUT2D eigenvalue weighted by Crippen LogP contribution is -2.05. The molecule has 0 fully saturated rings. The number of benzene rings is 1. The van der Waals surface area contributed by atoms with Crippen LogP contribution >= 0.6 is 0 Å². The van der Waals surface area contributed by atoms with Crippen LogP contribution in [0.4, 0.5) is 5.69 Å². The highest BCUT2D eigenvalue weighted by Crippen LogP contribution is 2.25. The minimum atomic E-state index is -1.18. The normalized spacial score (nSPS) is 9.78. The van der Waals surface area contributed by atoms with Gasteiger partial charge in [-0.25, -0.2) is 4.79 Å². The van der Waals surface area contributed by atoms with Crippen molar-refractivity contribution in [2.45, 2.75) is 12.8 Å². The van der Waals surface area contributed by atoms with E-state index in [0.717, 1.165) is 18.6 Å². The molecule has 0 aliphatic carbocycles. The Balaban J connectivity index is 2.89. The quantitative estimate of drug-likeness (QED) is 0.348. The van der Waals surface area contributed by atoms with Gasteiger partial charge in [-0.1, -0.05) is 6.08 Å². The highest BCUT2D eigenvalue weighted by atomic mass is 16.6. The van der Waals surface area contributed by atoms with Crippen molar-refractivity contribution < 1.29 is 19.6 Å². The standard InChI is InChI=1S/C12H13NO5/c1-2-3-4-7-18-11-8-9(13(16)17)5-6-10(11)12(14)15/h2,5-6,8H,1,3-4,7H2,(H,14,15). The molecule has 0 heterocycles. The van der Waals surface area contributed by atoms with Crippen molar-refractivity contribution in [3.8, 4) is 5.75 Å². The van der Waals surface area contributed by atoms with E-state index >= 15 is 0 Å². The van der Waals surface area contributed by atoms with Gasteiger partial charge < -0.3 is 9.84 Å². The molecule has 1 aromatic rings. The minimum absolute atomic E-state index is 0.0146. The van der Waals surface area contributed by atoms with Crippen LogP contribution in [0.5, 0.6) is 5.75 Å². The van der Waals surface area contributed by atoms with E-state index in [9.17, 15) is 14.9 Å². The number of carboxylic acid groups (broad SMARTS) is 1. The molecule has 0 spiro atoms. The van der Waals surface area contributed by atoms with Gasteiger partial charge in [0.15, 0.2) is 0 Å². The first-order valence-corrected chi connectivity index (χ1v) is 5.31. The summed E-state index contributed by atoms with van der Waals surface area (Å²) in [5, 5.41) is 19.5. The van der Waals surface area contributed by atoms with Crippen LogP contribution in [0.3, 0.4) is 0 Å². The molecule has 0 saturated heterocycles. The first-order valence-electron chi connectivity index (χ1n) is 5.31. The maximum atomic E-state index is 10.9. The summed E-state index contributed by atoms with van der Waals surface area (Å²) in [5.74, 6) is -1.16. The molecule has 18 heavy (non-hydrogen) atoms. The second-order valence-electron chi connectivity index (χ2n) is 3.52. The second kappa shape index (κ2) is 6.39. The maximum absolute atomic E-state index is 10.9. The van der Waals surface area contributed by atoms with Crippen LogP contribution in [0.1, 0.15) is 23.2 Å². The van der Waals surface area contributed by atoms with E-state index < -0.39 is 10.9 Å². The minimum Gasteiger partial charge on any atom is -0.492 e. The van der Waals surface area contributed by atoms with Gasteiger partial charge in [-0.05, 0) is 18.9 Å². The third kappa shape index (κ3) is 3.58. The topological polar surface area (TPSA) is 89.7 Å². The van der Waals surface area contributed by atoms with Gasteiger partial charge in [0.2, 0.25) is 0 Å². The van der Waals surface area contributed by atoms with Crippen molar-refractivity contribution in [2.75, 3.05) is 6.61 Å². The molecule has 0 radical (unpaired) electrons. The number of non-ortho nitro benzene ring substituents is 1. The predicted octanol–water partition coefficient (Wildman–Crippen LogP) is 2.64. The molecule has 1 N–H and O–H groups in total. The number of nitrogens with zero attached hydrogens (tertiary/aromatic N) is 1.